The van der Waals surface area contributed by atoms with Crippen molar-refractivity contribution in [2.45, 2.75) is 12.2 Å². The normalized spacial score (nSPS) is 13.0. The maximum Gasteiger partial charge on any atom is 0.195 e. The quantitative estimate of drug-likeness (QED) is 0.670. The number of hydrogen-bond donors (Lipinski definition) is 2. The van der Waals surface area contributed by atoms with Crippen LogP contribution in [0.25, 0.3) is 0 Å². The van der Waals surface area contributed by atoms with Gasteiger partial charge in [0, 0.05) is 11.1 Å². The molecule has 0 amide bonds. The average Bonchev–Trinajstić information content (AvgIpc) is 2.73. The van der Waals surface area contributed by atoms with E-state index >= 15 is 0 Å². The van der Waals surface area contributed by atoms with Crippen molar-refractivity contribution >= 4 is 11.6 Å². The lowest BCUT2D eigenvalue weighted by Crippen LogP contribution is -2.14. The molecule has 3 rings (SSSR count). The molecule has 2 atom stereocenters. The minimum atomic E-state index is -1.26. The largest absolute Gasteiger partial charge is 0.380 e. The van der Waals surface area contributed by atoms with E-state index in [0.717, 1.165) is 0 Å². The molecule has 4 nitrogen and oxygen atoms in total. The van der Waals surface area contributed by atoms with Gasteiger partial charge in [0.05, 0.1) is 0 Å². The highest BCUT2D eigenvalue weighted by Gasteiger charge is 2.21. The Balaban J connectivity index is 1.76. The Bertz CT molecular complexity index is 810. The predicted molar refractivity (Wildman–Crippen MR) is 97.9 cm³/mol. The highest BCUT2D eigenvalue weighted by molar-refractivity contribution is 6.03. The van der Waals surface area contributed by atoms with Gasteiger partial charge in [-0.1, -0.05) is 84.9 Å². The molecule has 0 radical (unpaired) electrons. The lowest BCUT2D eigenvalue weighted by molar-refractivity contribution is 0.0739. The van der Waals surface area contributed by atoms with Crippen LogP contribution in [-0.2, 0) is 0 Å². The van der Waals surface area contributed by atoms with Gasteiger partial charge in [-0.25, -0.2) is 0 Å². The van der Waals surface area contributed by atoms with Gasteiger partial charge < -0.3 is 10.2 Å². The van der Waals surface area contributed by atoms with E-state index in [1.165, 1.54) is 24.3 Å². The van der Waals surface area contributed by atoms with Crippen LogP contribution in [0.1, 0.15) is 44.1 Å². The Morgan fingerprint density at radius 1 is 0.538 bits per heavy atom. The van der Waals surface area contributed by atoms with Gasteiger partial charge in [-0.3, -0.25) is 9.59 Å². The summed E-state index contributed by atoms with van der Waals surface area (Å²) in [7, 11) is 0. The van der Waals surface area contributed by atoms with E-state index in [0.29, 0.717) is 22.3 Å². The number of ketones is 2. The van der Waals surface area contributed by atoms with Crippen molar-refractivity contribution in [2.24, 2.45) is 0 Å². The Morgan fingerprint density at radius 3 is 1.15 bits per heavy atom. The molecule has 2 N–H and O–H groups in total. The fourth-order valence-corrected chi connectivity index (χ4v) is 2.69. The van der Waals surface area contributed by atoms with Crippen LogP contribution in [0.3, 0.4) is 0 Å². The Labute approximate surface area is 151 Å². The van der Waals surface area contributed by atoms with Crippen molar-refractivity contribution in [3.63, 3.8) is 0 Å². The maximum absolute atomic E-state index is 12.4. The smallest absolute Gasteiger partial charge is 0.195 e. The number of aliphatic hydroxyl groups is 2. The summed E-state index contributed by atoms with van der Waals surface area (Å²) < 4.78 is 0. The van der Waals surface area contributed by atoms with Crippen LogP contribution in [0.15, 0.2) is 84.9 Å². The molecule has 3 aromatic rings. The summed E-state index contributed by atoms with van der Waals surface area (Å²) in [5, 5.41) is 20.4. The van der Waals surface area contributed by atoms with E-state index in [-0.39, 0.29) is 0 Å². The van der Waals surface area contributed by atoms with Crippen LogP contribution in [0.4, 0.5) is 0 Å². The minimum absolute atomic E-state index is 0.298. The van der Waals surface area contributed by atoms with Gasteiger partial charge in [0.2, 0.25) is 0 Å². The molecule has 4 heteroatoms. The second-order valence-corrected chi connectivity index (χ2v) is 5.93. The van der Waals surface area contributed by atoms with Gasteiger partial charge in [0.25, 0.3) is 0 Å². The summed E-state index contributed by atoms with van der Waals surface area (Å²) >= 11 is 0. The third kappa shape index (κ3) is 3.77. The molecule has 0 aliphatic heterocycles. The first-order valence-electron chi connectivity index (χ1n) is 8.22. The lowest BCUT2D eigenvalue weighted by Gasteiger charge is -2.12. The molecule has 0 saturated heterocycles. The van der Waals surface area contributed by atoms with Gasteiger partial charge >= 0.3 is 0 Å². The van der Waals surface area contributed by atoms with Crippen molar-refractivity contribution < 1.29 is 19.8 Å². The predicted octanol–water partition coefficient (Wildman–Crippen LogP) is 3.52. The number of aliphatic hydroxyl groups excluding tert-OH is 2. The number of carbonyl (C=O) groups excluding carboxylic acids is 2. The summed E-state index contributed by atoms with van der Waals surface area (Å²) in [6.07, 6.45) is -2.51. The zero-order chi connectivity index (χ0) is 18.5. The van der Waals surface area contributed by atoms with Gasteiger partial charge in [-0.2, -0.15) is 0 Å². The van der Waals surface area contributed by atoms with Crippen molar-refractivity contribution in [3.8, 4) is 0 Å². The van der Waals surface area contributed by atoms with Crippen molar-refractivity contribution in [1.82, 2.24) is 0 Å². The van der Waals surface area contributed by atoms with Gasteiger partial charge in [-0.05, 0) is 11.1 Å². The highest BCUT2D eigenvalue weighted by atomic mass is 16.3. The molecule has 3 aromatic carbocycles. The molecular weight excluding hydrogens is 328 g/mol. The van der Waals surface area contributed by atoms with Crippen LogP contribution < -0.4 is 0 Å². The van der Waals surface area contributed by atoms with Crippen LogP contribution in [0.5, 0.6) is 0 Å². The SMILES string of the molecule is O=C(c1ccc(C(=O)C(O)c2ccccc2)cc1)C(O)c1ccccc1. The van der Waals surface area contributed by atoms with E-state index in [1.807, 2.05) is 0 Å². The maximum atomic E-state index is 12.4. The monoisotopic (exact) mass is 346 g/mol. The third-order valence-electron chi connectivity index (χ3n) is 4.18. The Kier molecular flexibility index (Phi) is 5.37. The fourth-order valence-electron chi connectivity index (χ4n) is 2.69. The second-order valence-electron chi connectivity index (χ2n) is 5.93. The molecule has 0 bridgehead atoms. The van der Waals surface area contributed by atoms with Gasteiger partial charge in [-0.15, -0.1) is 0 Å². The van der Waals surface area contributed by atoms with E-state index in [1.54, 1.807) is 60.7 Å². The molecular formula is C22H18O4. The Hall–Kier alpha value is -3.08. The number of hydrogen-bond acceptors (Lipinski definition) is 4. The van der Waals surface area contributed by atoms with Crippen LogP contribution in [0.2, 0.25) is 0 Å². The number of rotatable bonds is 6. The molecule has 0 aliphatic rings. The van der Waals surface area contributed by atoms with Crippen molar-refractivity contribution in [1.29, 1.82) is 0 Å². The first kappa shape index (κ1) is 17.7. The first-order valence-corrected chi connectivity index (χ1v) is 8.22. The van der Waals surface area contributed by atoms with Crippen LogP contribution >= 0.6 is 0 Å². The summed E-state index contributed by atoms with van der Waals surface area (Å²) in [6, 6.07) is 23.3. The molecule has 0 spiro atoms. The molecule has 26 heavy (non-hydrogen) atoms. The molecule has 0 fully saturated rings. The first-order chi connectivity index (χ1) is 12.6. The summed E-state index contributed by atoms with van der Waals surface area (Å²) in [5.74, 6) is -0.891. The minimum Gasteiger partial charge on any atom is -0.380 e. The molecule has 0 aliphatic carbocycles. The van der Waals surface area contributed by atoms with Crippen molar-refractivity contribution in [2.75, 3.05) is 0 Å². The van der Waals surface area contributed by atoms with E-state index in [4.69, 9.17) is 0 Å². The fraction of sp³-hybridized carbons (Fsp3) is 0.0909. The molecule has 0 aromatic heterocycles. The number of Topliss-reactive ketones (excluding diaryl/α,β-unsaturated/α-hetero) is 2. The van der Waals surface area contributed by atoms with Crippen molar-refractivity contribution in [3.05, 3.63) is 107 Å². The standard InChI is InChI=1S/C22H18O4/c23-19(15-7-3-1-4-8-15)21(25)17-11-13-18(14-12-17)22(26)20(24)16-9-5-2-6-10-16/h1-14,19-20,23-24H. The van der Waals surface area contributed by atoms with Crippen LogP contribution in [0, 0.1) is 0 Å². The third-order valence-corrected chi connectivity index (χ3v) is 4.18. The summed E-state index contributed by atoms with van der Waals surface area (Å²) in [6.45, 7) is 0. The number of benzene rings is 3. The zero-order valence-electron chi connectivity index (χ0n) is 13.9. The van der Waals surface area contributed by atoms with Crippen LogP contribution in [-0.4, -0.2) is 21.8 Å². The van der Waals surface area contributed by atoms with E-state index < -0.39 is 23.8 Å². The van der Waals surface area contributed by atoms with E-state index in [2.05, 4.69) is 0 Å². The molecule has 2 unspecified atom stereocenters. The number of carbonyl (C=O) groups is 2. The molecule has 130 valence electrons. The topological polar surface area (TPSA) is 74.6 Å². The lowest BCUT2D eigenvalue weighted by atomic mass is 9.96. The highest BCUT2D eigenvalue weighted by Crippen LogP contribution is 2.21. The second kappa shape index (κ2) is 7.87. The van der Waals surface area contributed by atoms with E-state index in [9.17, 15) is 19.8 Å². The molecule has 0 heterocycles. The van der Waals surface area contributed by atoms with Gasteiger partial charge in [0.1, 0.15) is 12.2 Å². The summed E-state index contributed by atoms with van der Waals surface area (Å²) in [4.78, 5) is 24.8. The van der Waals surface area contributed by atoms with Gasteiger partial charge in [0.15, 0.2) is 11.6 Å². The summed E-state index contributed by atoms with van der Waals surface area (Å²) in [5.41, 5.74) is 1.62. The average molecular weight is 346 g/mol. The Morgan fingerprint density at radius 2 is 0.846 bits per heavy atom. The molecule has 0 saturated carbocycles. The zero-order valence-corrected chi connectivity index (χ0v) is 13.9.